The molecular formula is C17H26N6O. The first-order chi connectivity index (χ1) is 11.7. The average molecular weight is 330 g/mol. The van der Waals surface area contributed by atoms with Crippen molar-refractivity contribution in [1.82, 2.24) is 24.4 Å². The number of hydrogen-bond donors (Lipinski definition) is 0. The number of anilines is 1. The van der Waals surface area contributed by atoms with Crippen molar-refractivity contribution in [3.05, 3.63) is 30.6 Å². The molecule has 0 amide bonds. The van der Waals surface area contributed by atoms with Crippen molar-refractivity contribution in [3.63, 3.8) is 0 Å². The molecule has 24 heavy (non-hydrogen) atoms. The normalized spacial score (nSPS) is 18.2. The zero-order valence-electron chi connectivity index (χ0n) is 14.7. The van der Waals surface area contributed by atoms with Gasteiger partial charge in [-0.15, -0.1) is 0 Å². The first-order valence-corrected chi connectivity index (χ1v) is 8.44. The van der Waals surface area contributed by atoms with Gasteiger partial charge in [-0.05, 0) is 26.9 Å². The molecule has 0 radical (unpaired) electrons. The maximum Gasteiger partial charge on any atom is 0.257 e. The second-order valence-electron chi connectivity index (χ2n) is 6.46. The van der Waals surface area contributed by atoms with Crippen molar-refractivity contribution in [2.24, 2.45) is 0 Å². The first-order valence-electron chi connectivity index (χ1n) is 8.44. The van der Waals surface area contributed by atoms with E-state index in [1.165, 1.54) is 5.82 Å². The number of likely N-dealkylation sites (N-methyl/N-ethyl adjacent to an activating group) is 1. The first kappa shape index (κ1) is 16.7. The van der Waals surface area contributed by atoms with Crippen LogP contribution in [0, 0.1) is 0 Å². The summed E-state index contributed by atoms with van der Waals surface area (Å²) in [5.74, 6) is 3.00. The van der Waals surface area contributed by atoms with Crippen molar-refractivity contribution < 1.29 is 4.74 Å². The van der Waals surface area contributed by atoms with Gasteiger partial charge in [0.2, 0.25) is 0 Å². The van der Waals surface area contributed by atoms with Crippen molar-refractivity contribution in [2.45, 2.75) is 25.3 Å². The van der Waals surface area contributed by atoms with Gasteiger partial charge in [0.05, 0.1) is 7.11 Å². The molecule has 0 saturated carbocycles. The molecule has 0 aromatic carbocycles. The molecule has 130 valence electrons. The van der Waals surface area contributed by atoms with Crippen LogP contribution in [-0.4, -0.2) is 65.3 Å². The minimum absolute atomic E-state index is 0.405. The Balaban J connectivity index is 1.75. The largest absolute Gasteiger partial charge is 0.478 e. The number of rotatable bonds is 6. The molecule has 7 nitrogen and oxygen atoms in total. The molecule has 0 spiro atoms. The Morgan fingerprint density at radius 1 is 1.21 bits per heavy atom. The van der Waals surface area contributed by atoms with Gasteiger partial charge >= 0.3 is 0 Å². The average Bonchev–Trinajstić information content (AvgIpc) is 3.08. The third kappa shape index (κ3) is 3.67. The maximum atomic E-state index is 5.37. The fourth-order valence-corrected chi connectivity index (χ4v) is 3.24. The van der Waals surface area contributed by atoms with E-state index in [-0.39, 0.29) is 0 Å². The molecule has 3 heterocycles. The second kappa shape index (κ2) is 7.61. The standard InChI is InChI=1S/C17H26N6O/c1-21(2)11-12-22-10-8-19-15(22)14-5-4-9-23(13-14)16-17(24-3)20-7-6-18-16/h6-8,10,14H,4-5,9,11-13H2,1-3H3. The van der Waals surface area contributed by atoms with Crippen LogP contribution in [0.25, 0.3) is 0 Å². The lowest BCUT2D eigenvalue weighted by atomic mass is 9.97. The lowest BCUT2D eigenvalue weighted by Gasteiger charge is -2.33. The Kier molecular flexibility index (Phi) is 5.30. The number of imidazole rings is 1. The predicted molar refractivity (Wildman–Crippen MR) is 93.6 cm³/mol. The third-order valence-corrected chi connectivity index (χ3v) is 4.46. The fraction of sp³-hybridized carbons (Fsp3) is 0.588. The van der Waals surface area contributed by atoms with Gasteiger partial charge in [-0.25, -0.2) is 15.0 Å². The quantitative estimate of drug-likeness (QED) is 0.802. The van der Waals surface area contributed by atoms with E-state index in [2.05, 4.69) is 49.6 Å². The monoisotopic (exact) mass is 330 g/mol. The number of hydrogen-bond acceptors (Lipinski definition) is 6. The van der Waals surface area contributed by atoms with Gasteiger partial charge in [0.1, 0.15) is 5.82 Å². The topological polar surface area (TPSA) is 59.3 Å². The van der Waals surface area contributed by atoms with Crippen LogP contribution in [0.3, 0.4) is 0 Å². The molecule has 2 aromatic rings. The maximum absolute atomic E-state index is 5.37. The highest BCUT2D eigenvalue weighted by Gasteiger charge is 2.27. The van der Waals surface area contributed by atoms with Gasteiger partial charge in [-0.3, -0.25) is 0 Å². The van der Waals surface area contributed by atoms with E-state index < -0.39 is 0 Å². The van der Waals surface area contributed by atoms with Crippen molar-refractivity contribution in [3.8, 4) is 5.88 Å². The Labute approximate surface area is 143 Å². The summed E-state index contributed by atoms with van der Waals surface area (Å²) in [5, 5.41) is 0. The van der Waals surface area contributed by atoms with E-state index in [1.54, 1.807) is 19.5 Å². The van der Waals surface area contributed by atoms with E-state index in [0.717, 1.165) is 44.8 Å². The minimum atomic E-state index is 0.405. The molecule has 0 bridgehead atoms. The summed E-state index contributed by atoms with van der Waals surface area (Å²) < 4.78 is 7.65. The van der Waals surface area contributed by atoms with Gasteiger partial charge in [-0.1, -0.05) is 0 Å². The van der Waals surface area contributed by atoms with Crippen LogP contribution in [0.15, 0.2) is 24.8 Å². The molecular weight excluding hydrogens is 304 g/mol. The summed E-state index contributed by atoms with van der Waals surface area (Å²) in [6.45, 7) is 3.85. The lowest BCUT2D eigenvalue weighted by Crippen LogP contribution is -2.36. The van der Waals surface area contributed by atoms with Crippen LogP contribution in [0.4, 0.5) is 5.82 Å². The van der Waals surface area contributed by atoms with E-state index in [0.29, 0.717) is 11.8 Å². The Morgan fingerprint density at radius 3 is 2.83 bits per heavy atom. The molecule has 1 atom stereocenters. The molecule has 2 aromatic heterocycles. The van der Waals surface area contributed by atoms with Crippen LogP contribution in [0.5, 0.6) is 5.88 Å². The number of ether oxygens (including phenoxy) is 1. The van der Waals surface area contributed by atoms with Crippen LogP contribution in [0.2, 0.25) is 0 Å². The highest BCUT2D eigenvalue weighted by atomic mass is 16.5. The highest BCUT2D eigenvalue weighted by Crippen LogP contribution is 2.31. The molecule has 0 aliphatic carbocycles. The Hall–Kier alpha value is -2.15. The summed E-state index contributed by atoms with van der Waals surface area (Å²) in [5.41, 5.74) is 0. The van der Waals surface area contributed by atoms with Gasteiger partial charge < -0.3 is 19.1 Å². The summed E-state index contributed by atoms with van der Waals surface area (Å²) in [7, 11) is 5.83. The number of piperidine rings is 1. The molecule has 7 heteroatoms. The molecule has 1 aliphatic rings. The zero-order chi connectivity index (χ0) is 16.9. The van der Waals surface area contributed by atoms with Gasteiger partial charge in [0.25, 0.3) is 5.88 Å². The van der Waals surface area contributed by atoms with Crippen LogP contribution in [-0.2, 0) is 6.54 Å². The summed E-state index contributed by atoms with van der Waals surface area (Å²) >= 11 is 0. The van der Waals surface area contributed by atoms with E-state index in [9.17, 15) is 0 Å². The zero-order valence-corrected chi connectivity index (χ0v) is 14.7. The van der Waals surface area contributed by atoms with Crippen LogP contribution >= 0.6 is 0 Å². The SMILES string of the molecule is COc1nccnc1N1CCCC(c2nccn2CCN(C)C)C1. The van der Waals surface area contributed by atoms with Crippen LogP contribution < -0.4 is 9.64 Å². The van der Waals surface area contributed by atoms with Crippen molar-refractivity contribution >= 4 is 5.82 Å². The molecule has 1 aliphatic heterocycles. The number of aromatic nitrogens is 4. The van der Waals surface area contributed by atoms with Crippen LogP contribution in [0.1, 0.15) is 24.6 Å². The third-order valence-electron chi connectivity index (χ3n) is 4.46. The molecule has 3 rings (SSSR count). The minimum Gasteiger partial charge on any atom is -0.478 e. The van der Waals surface area contributed by atoms with E-state index in [4.69, 9.17) is 4.74 Å². The highest BCUT2D eigenvalue weighted by molar-refractivity contribution is 5.48. The predicted octanol–water partition coefficient (Wildman–Crippen LogP) is 1.63. The van der Waals surface area contributed by atoms with E-state index >= 15 is 0 Å². The Bertz CT molecular complexity index is 656. The lowest BCUT2D eigenvalue weighted by molar-refractivity contribution is 0.371. The van der Waals surface area contributed by atoms with Crippen molar-refractivity contribution in [1.29, 1.82) is 0 Å². The summed E-state index contributed by atoms with van der Waals surface area (Å²) in [6, 6.07) is 0. The van der Waals surface area contributed by atoms with Crippen molar-refractivity contribution in [2.75, 3.05) is 45.7 Å². The summed E-state index contributed by atoms with van der Waals surface area (Å²) in [6.07, 6.45) is 9.65. The summed E-state index contributed by atoms with van der Waals surface area (Å²) in [4.78, 5) is 17.9. The van der Waals surface area contributed by atoms with Gasteiger partial charge in [0, 0.05) is 56.9 Å². The van der Waals surface area contributed by atoms with E-state index in [1.807, 2.05) is 6.20 Å². The van der Waals surface area contributed by atoms with Gasteiger partial charge in [0.15, 0.2) is 5.82 Å². The van der Waals surface area contributed by atoms with Gasteiger partial charge in [-0.2, -0.15) is 0 Å². The Morgan fingerprint density at radius 2 is 2.04 bits per heavy atom. The number of nitrogens with zero attached hydrogens (tertiary/aromatic N) is 6. The second-order valence-corrected chi connectivity index (χ2v) is 6.46. The molecule has 1 unspecified atom stereocenters. The molecule has 1 saturated heterocycles. The molecule has 1 fully saturated rings. The smallest absolute Gasteiger partial charge is 0.257 e. The fourth-order valence-electron chi connectivity index (χ4n) is 3.24. The molecule has 0 N–H and O–H groups in total. The number of methoxy groups -OCH3 is 1.